The summed E-state index contributed by atoms with van der Waals surface area (Å²) < 4.78 is 22.9. The van der Waals surface area contributed by atoms with Crippen LogP contribution in [0.4, 0.5) is 0 Å². The number of sulfone groups is 1. The van der Waals surface area contributed by atoms with Gasteiger partial charge in [0.25, 0.3) is 0 Å². The first-order valence-corrected chi connectivity index (χ1v) is 8.51. The molecule has 1 unspecified atom stereocenters. The van der Waals surface area contributed by atoms with Crippen LogP contribution in [0.15, 0.2) is 0 Å². The van der Waals surface area contributed by atoms with Gasteiger partial charge in [0.05, 0.1) is 11.5 Å². The van der Waals surface area contributed by atoms with Crippen molar-refractivity contribution in [2.75, 3.05) is 31.1 Å². The van der Waals surface area contributed by atoms with Crippen molar-refractivity contribution >= 4 is 15.7 Å². The maximum atomic E-state index is 11.5. The van der Waals surface area contributed by atoms with E-state index in [2.05, 4.69) is 10.2 Å². The Kier molecular flexibility index (Phi) is 6.08. The molecule has 0 radical (unpaired) electrons. The zero-order valence-electron chi connectivity index (χ0n) is 11.3. The number of carbonyl (C=O) groups excluding carboxylic acids is 1. The van der Waals surface area contributed by atoms with Crippen LogP contribution in [0.1, 0.15) is 33.1 Å². The molecule has 0 aromatic heterocycles. The average Bonchev–Trinajstić information content (AvgIpc) is 2.68. The van der Waals surface area contributed by atoms with Crippen molar-refractivity contribution in [3.8, 4) is 0 Å². The van der Waals surface area contributed by atoms with E-state index in [4.69, 9.17) is 0 Å². The van der Waals surface area contributed by atoms with Gasteiger partial charge in [0, 0.05) is 25.6 Å². The summed E-state index contributed by atoms with van der Waals surface area (Å²) in [7, 11) is -2.85. The first-order chi connectivity index (χ1) is 8.48. The standard InChI is InChI=1S/C12H24N2O3S/c1-3-7-13-12(15)5-8-14(4-2)11-6-9-18(16,17)10-11/h11H,3-10H2,1-2H3,(H,13,15). The number of hydrogen-bond donors (Lipinski definition) is 1. The molecule has 1 rings (SSSR count). The van der Waals surface area contributed by atoms with Gasteiger partial charge in [-0.05, 0) is 19.4 Å². The van der Waals surface area contributed by atoms with E-state index in [1.165, 1.54) is 0 Å². The second kappa shape index (κ2) is 7.09. The van der Waals surface area contributed by atoms with Gasteiger partial charge in [-0.3, -0.25) is 9.69 Å². The maximum absolute atomic E-state index is 11.5. The molecule has 0 aromatic rings. The van der Waals surface area contributed by atoms with Gasteiger partial charge in [0.2, 0.25) is 5.91 Å². The molecule has 1 aliphatic rings. The van der Waals surface area contributed by atoms with Gasteiger partial charge in [-0.15, -0.1) is 0 Å². The molecular formula is C12H24N2O3S. The van der Waals surface area contributed by atoms with Gasteiger partial charge in [0.1, 0.15) is 0 Å². The van der Waals surface area contributed by atoms with Crippen LogP contribution < -0.4 is 5.32 Å². The quantitative estimate of drug-likeness (QED) is 0.731. The van der Waals surface area contributed by atoms with Crippen LogP contribution in [0.5, 0.6) is 0 Å². The zero-order chi connectivity index (χ0) is 13.6. The fourth-order valence-corrected chi connectivity index (χ4v) is 4.02. The number of nitrogens with zero attached hydrogens (tertiary/aromatic N) is 1. The minimum atomic E-state index is -2.85. The van der Waals surface area contributed by atoms with E-state index in [0.717, 1.165) is 13.0 Å². The fraction of sp³-hybridized carbons (Fsp3) is 0.917. The summed E-state index contributed by atoms with van der Waals surface area (Å²) in [5, 5.41) is 2.83. The molecule has 0 bridgehead atoms. The van der Waals surface area contributed by atoms with Crippen molar-refractivity contribution in [1.29, 1.82) is 0 Å². The van der Waals surface area contributed by atoms with Crippen molar-refractivity contribution < 1.29 is 13.2 Å². The van der Waals surface area contributed by atoms with Crippen LogP contribution in [0, 0.1) is 0 Å². The smallest absolute Gasteiger partial charge is 0.221 e. The lowest BCUT2D eigenvalue weighted by molar-refractivity contribution is -0.121. The molecule has 0 aliphatic carbocycles. The Bertz CT molecular complexity index is 368. The van der Waals surface area contributed by atoms with Gasteiger partial charge >= 0.3 is 0 Å². The van der Waals surface area contributed by atoms with Crippen molar-refractivity contribution in [1.82, 2.24) is 10.2 Å². The third kappa shape index (κ3) is 4.94. The fourth-order valence-electron chi connectivity index (χ4n) is 2.26. The summed E-state index contributed by atoms with van der Waals surface area (Å²) in [6.45, 7) is 6.17. The Hall–Kier alpha value is -0.620. The zero-order valence-corrected chi connectivity index (χ0v) is 12.1. The largest absolute Gasteiger partial charge is 0.356 e. The second-order valence-electron chi connectivity index (χ2n) is 4.79. The number of nitrogens with one attached hydrogen (secondary N) is 1. The third-order valence-electron chi connectivity index (χ3n) is 3.33. The lowest BCUT2D eigenvalue weighted by Gasteiger charge is -2.26. The van der Waals surface area contributed by atoms with E-state index in [-0.39, 0.29) is 23.5 Å². The Balaban J connectivity index is 2.36. The minimum absolute atomic E-state index is 0.0520. The predicted octanol–water partition coefficient (Wildman–Crippen LogP) is 0.412. The third-order valence-corrected chi connectivity index (χ3v) is 5.08. The lowest BCUT2D eigenvalue weighted by Crippen LogP contribution is -2.39. The Morgan fingerprint density at radius 1 is 1.39 bits per heavy atom. The molecule has 1 aliphatic heterocycles. The molecule has 1 N–H and O–H groups in total. The van der Waals surface area contributed by atoms with E-state index >= 15 is 0 Å². The Labute approximate surface area is 110 Å². The summed E-state index contributed by atoms with van der Waals surface area (Å²) in [4.78, 5) is 13.6. The number of amides is 1. The summed E-state index contributed by atoms with van der Waals surface area (Å²) >= 11 is 0. The average molecular weight is 276 g/mol. The lowest BCUT2D eigenvalue weighted by atomic mass is 10.2. The second-order valence-corrected chi connectivity index (χ2v) is 7.01. The van der Waals surface area contributed by atoms with Crippen LogP contribution in [0.3, 0.4) is 0 Å². The van der Waals surface area contributed by atoms with E-state index in [9.17, 15) is 13.2 Å². The minimum Gasteiger partial charge on any atom is -0.356 e. The highest BCUT2D eigenvalue weighted by Crippen LogP contribution is 2.17. The number of rotatable bonds is 7. The predicted molar refractivity (Wildman–Crippen MR) is 72.2 cm³/mol. The SMILES string of the molecule is CCCNC(=O)CCN(CC)C1CCS(=O)(=O)C1. The van der Waals surface area contributed by atoms with Gasteiger partial charge in [-0.2, -0.15) is 0 Å². The van der Waals surface area contributed by atoms with Crippen LogP contribution >= 0.6 is 0 Å². The van der Waals surface area contributed by atoms with Crippen LogP contribution in [0.25, 0.3) is 0 Å². The molecule has 106 valence electrons. The molecule has 1 amide bonds. The van der Waals surface area contributed by atoms with Gasteiger partial charge in [-0.1, -0.05) is 13.8 Å². The topological polar surface area (TPSA) is 66.5 Å². The summed E-state index contributed by atoms with van der Waals surface area (Å²) in [6.07, 6.45) is 2.08. The van der Waals surface area contributed by atoms with E-state index < -0.39 is 9.84 Å². The first-order valence-electron chi connectivity index (χ1n) is 6.69. The Morgan fingerprint density at radius 2 is 2.11 bits per heavy atom. The molecule has 1 saturated heterocycles. The van der Waals surface area contributed by atoms with Gasteiger partial charge < -0.3 is 5.32 Å². The normalized spacial score (nSPS) is 22.3. The molecule has 0 aromatic carbocycles. The highest BCUT2D eigenvalue weighted by atomic mass is 32.2. The number of carbonyl (C=O) groups is 1. The van der Waals surface area contributed by atoms with E-state index in [1.807, 2.05) is 13.8 Å². The highest BCUT2D eigenvalue weighted by Gasteiger charge is 2.31. The maximum Gasteiger partial charge on any atom is 0.221 e. The monoisotopic (exact) mass is 276 g/mol. The summed E-state index contributed by atoms with van der Waals surface area (Å²) in [5.41, 5.74) is 0. The molecule has 6 heteroatoms. The molecule has 1 heterocycles. The van der Waals surface area contributed by atoms with E-state index in [1.54, 1.807) is 0 Å². The van der Waals surface area contributed by atoms with Gasteiger partial charge in [0.15, 0.2) is 9.84 Å². The van der Waals surface area contributed by atoms with Crippen molar-refractivity contribution in [3.05, 3.63) is 0 Å². The highest BCUT2D eigenvalue weighted by molar-refractivity contribution is 7.91. The van der Waals surface area contributed by atoms with Crippen LogP contribution in [0.2, 0.25) is 0 Å². The van der Waals surface area contributed by atoms with E-state index in [0.29, 0.717) is 25.9 Å². The van der Waals surface area contributed by atoms with Gasteiger partial charge in [-0.25, -0.2) is 8.42 Å². The molecule has 1 fully saturated rings. The molecule has 1 atom stereocenters. The van der Waals surface area contributed by atoms with Crippen molar-refractivity contribution in [2.45, 2.75) is 39.2 Å². The van der Waals surface area contributed by atoms with Crippen molar-refractivity contribution in [3.63, 3.8) is 0 Å². The molecular weight excluding hydrogens is 252 g/mol. The molecule has 0 saturated carbocycles. The first kappa shape index (κ1) is 15.4. The molecule has 0 spiro atoms. The Morgan fingerprint density at radius 3 is 2.61 bits per heavy atom. The summed E-state index contributed by atoms with van der Waals surface area (Å²) in [5.74, 6) is 0.587. The van der Waals surface area contributed by atoms with Crippen LogP contribution in [-0.4, -0.2) is 56.4 Å². The summed E-state index contributed by atoms with van der Waals surface area (Å²) in [6, 6.07) is 0.0963. The van der Waals surface area contributed by atoms with Crippen LogP contribution in [-0.2, 0) is 14.6 Å². The number of hydrogen-bond acceptors (Lipinski definition) is 4. The molecule has 18 heavy (non-hydrogen) atoms. The van der Waals surface area contributed by atoms with Crippen molar-refractivity contribution in [2.24, 2.45) is 0 Å². The molecule has 5 nitrogen and oxygen atoms in total.